The predicted molar refractivity (Wildman–Crippen MR) is 62.1 cm³/mol. The molecule has 3 N–H and O–H groups in total. The molecule has 0 amide bonds. The lowest BCUT2D eigenvalue weighted by atomic mass is 10.2. The van der Waals surface area contributed by atoms with Crippen LogP contribution in [-0.2, 0) is 0 Å². The van der Waals surface area contributed by atoms with Crippen LogP contribution in [0.5, 0.6) is 11.5 Å². The molecule has 0 spiro atoms. The Kier molecular flexibility index (Phi) is 2.91. The molecule has 0 bridgehead atoms. The second-order valence-corrected chi connectivity index (χ2v) is 3.35. The quantitative estimate of drug-likeness (QED) is 0.789. The SMILES string of the molecule is Nc1cc(C(=O)O)ccc1Oc1cccnc1. The molecule has 5 heteroatoms. The third-order valence-electron chi connectivity index (χ3n) is 2.12. The predicted octanol–water partition coefficient (Wildman–Crippen LogP) is 2.15. The van der Waals surface area contributed by atoms with Gasteiger partial charge in [0.05, 0.1) is 17.4 Å². The lowest BCUT2D eigenvalue weighted by molar-refractivity contribution is 0.0697. The molecule has 0 atom stereocenters. The number of carbonyl (C=O) groups is 1. The number of aromatic nitrogens is 1. The lowest BCUT2D eigenvalue weighted by Crippen LogP contribution is -1.99. The van der Waals surface area contributed by atoms with E-state index in [1.165, 1.54) is 18.2 Å². The number of anilines is 1. The zero-order valence-corrected chi connectivity index (χ0v) is 8.83. The van der Waals surface area contributed by atoms with Crippen LogP contribution in [0.15, 0.2) is 42.7 Å². The van der Waals surface area contributed by atoms with Crippen LogP contribution in [0.2, 0.25) is 0 Å². The van der Waals surface area contributed by atoms with Crippen molar-refractivity contribution < 1.29 is 14.6 Å². The van der Waals surface area contributed by atoms with Crippen molar-refractivity contribution in [3.63, 3.8) is 0 Å². The molecular formula is C12H10N2O3. The van der Waals surface area contributed by atoms with E-state index in [-0.39, 0.29) is 11.3 Å². The third-order valence-corrected chi connectivity index (χ3v) is 2.12. The molecule has 1 aromatic carbocycles. The molecule has 0 unspecified atom stereocenters. The fourth-order valence-corrected chi connectivity index (χ4v) is 1.31. The first kappa shape index (κ1) is 10.9. The van der Waals surface area contributed by atoms with Gasteiger partial charge in [0.15, 0.2) is 0 Å². The minimum atomic E-state index is -1.02. The van der Waals surface area contributed by atoms with E-state index in [0.29, 0.717) is 11.5 Å². The number of aromatic carboxylic acids is 1. The number of hydrogen-bond acceptors (Lipinski definition) is 4. The van der Waals surface area contributed by atoms with Gasteiger partial charge in [0, 0.05) is 6.20 Å². The Morgan fingerprint density at radius 2 is 2.18 bits per heavy atom. The van der Waals surface area contributed by atoms with E-state index in [4.69, 9.17) is 15.6 Å². The number of nitrogens with zero attached hydrogens (tertiary/aromatic N) is 1. The standard InChI is InChI=1S/C12H10N2O3/c13-10-6-8(12(15)16)3-4-11(10)17-9-2-1-5-14-7-9/h1-7H,13H2,(H,15,16). The highest BCUT2D eigenvalue weighted by Gasteiger charge is 2.07. The van der Waals surface area contributed by atoms with Crippen LogP contribution in [-0.4, -0.2) is 16.1 Å². The number of carboxylic acids is 1. The summed E-state index contributed by atoms with van der Waals surface area (Å²) in [7, 11) is 0. The number of benzene rings is 1. The molecule has 17 heavy (non-hydrogen) atoms. The van der Waals surface area contributed by atoms with Crippen molar-refractivity contribution >= 4 is 11.7 Å². The molecule has 0 fully saturated rings. The molecule has 1 heterocycles. The van der Waals surface area contributed by atoms with Crippen molar-refractivity contribution in [2.75, 3.05) is 5.73 Å². The summed E-state index contributed by atoms with van der Waals surface area (Å²) < 4.78 is 5.46. The molecule has 0 saturated carbocycles. The zero-order valence-electron chi connectivity index (χ0n) is 8.83. The maximum atomic E-state index is 10.7. The van der Waals surface area contributed by atoms with Gasteiger partial charge in [0.2, 0.25) is 0 Å². The summed E-state index contributed by atoms with van der Waals surface area (Å²) in [5, 5.41) is 8.78. The Bertz CT molecular complexity index is 541. The van der Waals surface area contributed by atoms with Gasteiger partial charge in [0.25, 0.3) is 0 Å². The summed E-state index contributed by atoms with van der Waals surface area (Å²) in [4.78, 5) is 14.6. The lowest BCUT2D eigenvalue weighted by Gasteiger charge is -2.08. The Hall–Kier alpha value is -2.56. The molecule has 0 radical (unpaired) electrons. The van der Waals surface area contributed by atoms with E-state index in [1.807, 2.05) is 0 Å². The highest BCUT2D eigenvalue weighted by Crippen LogP contribution is 2.27. The van der Waals surface area contributed by atoms with Crippen molar-refractivity contribution in [2.45, 2.75) is 0 Å². The van der Waals surface area contributed by atoms with Gasteiger partial charge in [0.1, 0.15) is 11.5 Å². The average Bonchev–Trinajstić information content (AvgIpc) is 2.33. The monoisotopic (exact) mass is 230 g/mol. The van der Waals surface area contributed by atoms with E-state index in [0.717, 1.165) is 0 Å². The van der Waals surface area contributed by atoms with Gasteiger partial charge < -0.3 is 15.6 Å². The number of ether oxygens (including phenoxy) is 1. The van der Waals surface area contributed by atoms with Crippen molar-refractivity contribution in [3.8, 4) is 11.5 Å². The number of nitrogen functional groups attached to an aromatic ring is 1. The summed E-state index contributed by atoms with van der Waals surface area (Å²) in [5.41, 5.74) is 6.10. The summed E-state index contributed by atoms with van der Waals surface area (Å²) >= 11 is 0. The zero-order chi connectivity index (χ0) is 12.3. The summed E-state index contributed by atoms with van der Waals surface area (Å²) in [6.07, 6.45) is 3.17. The number of carboxylic acid groups (broad SMARTS) is 1. The van der Waals surface area contributed by atoms with Gasteiger partial charge in [-0.1, -0.05) is 0 Å². The largest absolute Gasteiger partial charge is 0.478 e. The Labute approximate surface area is 97.5 Å². The number of pyridine rings is 1. The molecule has 2 rings (SSSR count). The van der Waals surface area contributed by atoms with Crippen molar-refractivity contribution in [2.24, 2.45) is 0 Å². The number of nitrogens with two attached hydrogens (primary N) is 1. The molecule has 0 aliphatic rings. The topological polar surface area (TPSA) is 85.4 Å². The average molecular weight is 230 g/mol. The van der Waals surface area contributed by atoms with E-state index in [2.05, 4.69) is 4.98 Å². The van der Waals surface area contributed by atoms with Crippen LogP contribution >= 0.6 is 0 Å². The maximum absolute atomic E-state index is 10.7. The smallest absolute Gasteiger partial charge is 0.335 e. The van der Waals surface area contributed by atoms with E-state index in [9.17, 15) is 4.79 Å². The van der Waals surface area contributed by atoms with Gasteiger partial charge in [-0.15, -0.1) is 0 Å². The maximum Gasteiger partial charge on any atom is 0.335 e. The highest BCUT2D eigenvalue weighted by atomic mass is 16.5. The van der Waals surface area contributed by atoms with Gasteiger partial charge in [-0.05, 0) is 30.3 Å². The van der Waals surface area contributed by atoms with Crippen molar-refractivity contribution in [1.82, 2.24) is 4.98 Å². The van der Waals surface area contributed by atoms with Crippen LogP contribution in [0.25, 0.3) is 0 Å². The van der Waals surface area contributed by atoms with Crippen LogP contribution in [0.1, 0.15) is 10.4 Å². The number of rotatable bonds is 3. The Morgan fingerprint density at radius 1 is 1.35 bits per heavy atom. The van der Waals surface area contributed by atoms with E-state index < -0.39 is 5.97 Å². The Morgan fingerprint density at radius 3 is 2.76 bits per heavy atom. The minimum absolute atomic E-state index is 0.126. The first-order valence-electron chi connectivity index (χ1n) is 4.87. The van der Waals surface area contributed by atoms with Crippen LogP contribution in [0.3, 0.4) is 0 Å². The molecule has 86 valence electrons. The molecule has 2 aromatic rings. The molecule has 0 aliphatic heterocycles. The highest BCUT2D eigenvalue weighted by molar-refractivity contribution is 5.89. The molecule has 1 aromatic heterocycles. The summed E-state index contributed by atoms with van der Waals surface area (Å²) in [6, 6.07) is 7.78. The molecule has 5 nitrogen and oxygen atoms in total. The first-order valence-corrected chi connectivity index (χ1v) is 4.87. The first-order chi connectivity index (χ1) is 8.16. The fraction of sp³-hybridized carbons (Fsp3) is 0. The van der Waals surface area contributed by atoms with Crippen molar-refractivity contribution in [3.05, 3.63) is 48.3 Å². The second-order valence-electron chi connectivity index (χ2n) is 3.35. The van der Waals surface area contributed by atoms with Gasteiger partial charge in [-0.2, -0.15) is 0 Å². The third kappa shape index (κ3) is 2.52. The summed E-state index contributed by atoms with van der Waals surface area (Å²) in [6.45, 7) is 0. The minimum Gasteiger partial charge on any atom is -0.478 e. The molecule has 0 aliphatic carbocycles. The van der Waals surface area contributed by atoms with Crippen LogP contribution in [0, 0.1) is 0 Å². The van der Waals surface area contributed by atoms with Gasteiger partial charge in [-0.25, -0.2) is 4.79 Å². The summed E-state index contributed by atoms with van der Waals surface area (Å²) in [5.74, 6) is -0.0742. The van der Waals surface area contributed by atoms with Crippen molar-refractivity contribution in [1.29, 1.82) is 0 Å². The van der Waals surface area contributed by atoms with Crippen LogP contribution in [0.4, 0.5) is 5.69 Å². The van der Waals surface area contributed by atoms with Crippen LogP contribution < -0.4 is 10.5 Å². The normalized spacial score (nSPS) is 9.88. The fourth-order valence-electron chi connectivity index (χ4n) is 1.31. The van der Waals surface area contributed by atoms with Gasteiger partial charge in [-0.3, -0.25) is 4.98 Å². The molecule has 0 saturated heterocycles. The van der Waals surface area contributed by atoms with E-state index in [1.54, 1.807) is 24.5 Å². The Balaban J connectivity index is 2.26. The molecular weight excluding hydrogens is 220 g/mol. The van der Waals surface area contributed by atoms with E-state index >= 15 is 0 Å². The number of hydrogen-bond donors (Lipinski definition) is 2. The van der Waals surface area contributed by atoms with Gasteiger partial charge >= 0.3 is 5.97 Å². The second kappa shape index (κ2) is 4.52.